The van der Waals surface area contributed by atoms with Crippen LogP contribution < -0.4 is 5.73 Å². The molecule has 1 amide bonds. The molecule has 0 aliphatic heterocycles. The first-order valence-corrected chi connectivity index (χ1v) is 11.2. The minimum atomic E-state index is -4.06. The van der Waals surface area contributed by atoms with Gasteiger partial charge in [0.15, 0.2) is 0 Å². The fourth-order valence-corrected chi connectivity index (χ4v) is 5.20. The zero-order valence-corrected chi connectivity index (χ0v) is 18.3. The van der Waals surface area contributed by atoms with Crippen LogP contribution in [-0.4, -0.2) is 18.6 Å². The van der Waals surface area contributed by atoms with Gasteiger partial charge in [-0.25, -0.2) is 8.42 Å². The molecule has 1 atom stereocenters. The zero-order chi connectivity index (χ0) is 21.9. The summed E-state index contributed by atoms with van der Waals surface area (Å²) in [7, 11) is -4.06. The molecule has 0 spiro atoms. The zero-order valence-electron chi connectivity index (χ0n) is 16.7. The van der Waals surface area contributed by atoms with Crippen LogP contribution in [-0.2, 0) is 21.4 Å². The van der Waals surface area contributed by atoms with Crippen molar-refractivity contribution in [2.45, 2.75) is 31.3 Å². The SMILES string of the molecule is Cc1cc(C)cc(CN([C@@H](C(N)=O)c2ccccc2)S(=O)(=O)c2ccc(Cl)cc2)c1. The summed E-state index contributed by atoms with van der Waals surface area (Å²) < 4.78 is 28.4. The Morgan fingerprint density at radius 3 is 2.07 bits per heavy atom. The van der Waals surface area contributed by atoms with Gasteiger partial charge in [0.2, 0.25) is 15.9 Å². The molecule has 0 aromatic heterocycles. The molecule has 3 aromatic rings. The van der Waals surface area contributed by atoms with Gasteiger partial charge in [0.1, 0.15) is 6.04 Å². The van der Waals surface area contributed by atoms with Crippen LogP contribution in [0.4, 0.5) is 0 Å². The molecule has 0 aliphatic carbocycles. The Bertz CT molecular complexity index is 1130. The molecule has 0 saturated heterocycles. The number of benzene rings is 3. The van der Waals surface area contributed by atoms with E-state index >= 15 is 0 Å². The second kappa shape index (κ2) is 9.00. The second-order valence-electron chi connectivity index (χ2n) is 7.22. The normalized spacial score (nSPS) is 12.7. The van der Waals surface area contributed by atoms with E-state index in [1.165, 1.54) is 24.3 Å². The highest BCUT2D eigenvalue weighted by Crippen LogP contribution is 2.30. The van der Waals surface area contributed by atoms with Crippen LogP contribution in [0.25, 0.3) is 0 Å². The van der Waals surface area contributed by atoms with Crippen LogP contribution in [0, 0.1) is 13.8 Å². The molecule has 2 N–H and O–H groups in total. The summed E-state index contributed by atoms with van der Waals surface area (Å²) in [6.45, 7) is 3.88. The first kappa shape index (κ1) is 22.0. The summed E-state index contributed by atoms with van der Waals surface area (Å²) in [4.78, 5) is 12.5. The van der Waals surface area contributed by atoms with Crippen molar-refractivity contribution in [2.75, 3.05) is 0 Å². The fourth-order valence-electron chi connectivity index (χ4n) is 3.50. The number of carbonyl (C=O) groups excluding carboxylic acids is 1. The lowest BCUT2D eigenvalue weighted by Crippen LogP contribution is -2.41. The van der Waals surface area contributed by atoms with Crippen LogP contribution in [0.3, 0.4) is 0 Å². The van der Waals surface area contributed by atoms with Crippen LogP contribution in [0.5, 0.6) is 0 Å². The predicted molar refractivity (Wildman–Crippen MR) is 118 cm³/mol. The standard InChI is InChI=1S/C23H23ClN2O3S/c1-16-12-17(2)14-18(13-16)15-26(22(23(25)27)19-6-4-3-5-7-19)30(28,29)21-10-8-20(24)9-11-21/h3-14,22H,15H2,1-2H3,(H2,25,27)/t22-/m1/s1. The maximum Gasteiger partial charge on any atom is 0.244 e. The second-order valence-corrected chi connectivity index (χ2v) is 9.54. The van der Waals surface area contributed by atoms with Crippen molar-refractivity contribution < 1.29 is 13.2 Å². The number of nitrogens with zero attached hydrogens (tertiary/aromatic N) is 1. The van der Waals surface area contributed by atoms with E-state index in [1.54, 1.807) is 30.3 Å². The van der Waals surface area contributed by atoms with E-state index in [0.717, 1.165) is 21.0 Å². The molecule has 5 nitrogen and oxygen atoms in total. The minimum Gasteiger partial charge on any atom is -0.368 e. The fraction of sp³-hybridized carbons (Fsp3) is 0.174. The van der Waals surface area contributed by atoms with E-state index in [1.807, 2.05) is 32.0 Å². The number of primary amides is 1. The number of nitrogens with two attached hydrogens (primary N) is 1. The predicted octanol–water partition coefficient (Wildman–Crippen LogP) is 4.37. The monoisotopic (exact) mass is 442 g/mol. The lowest BCUT2D eigenvalue weighted by atomic mass is 10.0. The van der Waals surface area contributed by atoms with Crippen LogP contribution in [0.2, 0.25) is 5.02 Å². The largest absolute Gasteiger partial charge is 0.368 e. The van der Waals surface area contributed by atoms with E-state index in [2.05, 4.69) is 0 Å². The van der Waals surface area contributed by atoms with Gasteiger partial charge < -0.3 is 5.73 Å². The number of rotatable bonds is 7. The third kappa shape index (κ3) is 4.90. The smallest absolute Gasteiger partial charge is 0.244 e. The maximum absolute atomic E-state index is 13.6. The number of sulfonamides is 1. The minimum absolute atomic E-state index is 0.00399. The van der Waals surface area contributed by atoms with Crippen LogP contribution >= 0.6 is 11.6 Å². The van der Waals surface area contributed by atoms with E-state index in [9.17, 15) is 13.2 Å². The van der Waals surface area contributed by atoms with Gasteiger partial charge in [0.25, 0.3) is 0 Å². The molecule has 0 saturated carbocycles. The van der Waals surface area contributed by atoms with Crippen molar-refractivity contribution in [2.24, 2.45) is 5.73 Å². The lowest BCUT2D eigenvalue weighted by Gasteiger charge is -2.29. The third-order valence-corrected chi connectivity index (χ3v) is 6.79. The van der Waals surface area contributed by atoms with E-state index < -0.39 is 22.0 Å². The summed E-state index contributed by atoms with van der Waals surface area (Å²) >= 11 is 5.93. The van der Waals surface area contributed by atoms with Crippen molar-refractivity contribution in [1.29, 1.82) is 0 Å². The summed E-state index contributed by atoms with van der Waals surface area (Å²) in [5, 5.41) is 0.421. The van der Waals surface area contributed by atoms with Crippen molar-refractivity contribution in [3.05, 3.63) is 100 Å². The summed E-state index contributed by atoms with van der Waals surface area (Å²) in [6.07, 6.45) is 0. The summed E-state index contributed by atoms with van der Waals surface area (Å²) in [6, 6.07) is 19.2. The number of carbonyl (C=O) groups is 1. The van der Waals surface area contributed by atoms with Gasteiger partial charge in [-0.3, -0.25) is 4.79 Å². The van der Waals surface area contributed by atoms with E-state index in [4.69, 9.17) is 17.3 Å². The van der Waals surface area contributed by atoms with Gasteiger partial charge >= 0.3 is 0 Å². The van der Waals surface area contributed by atoms with Gasteiger partial charge in [0, 0.05) is 11.6 Å². The first-order chi connectivity index (χ1) is 14.2. The number of aryl methyl sites for hydroxylation is 2. The molecular weight excluding hydrogens is 420 g/mol. The molecule has 0 fully saturated rings. The van der Waals surface area contributed by atoms with Gasteiger partial charge in [-0.1, -0.05) is 71.3 Å². The van der Waals surface area contributed by atoms with Crippen LogP contribution in [0.15, 0.2) is 77.7 Å². The molecular formula is C23H23ClN2O3S. The number of hydrogen-bond donors (Lipinski definition) is 1. The van der Waals surface area contributed by atoms with Crippen molar-refractivity contribution in [1.82, 2.24) is 4.31 Å². The summed E-state index contributed by atoms with van der Waals surface area (Å²) in [5.74, 6) is -0.747. The van der Waals surface area contributed by atoms with Crippen molar-refractivity contribution >= 4 is 27.5 Å². The molecule has 0 unspecified atom stereocenters. The Morgan fingerprint density at radius 1 is 0.967 bits per heavy atom. The Balaban J connectivity index is 2.16. The average Bonchev–Trinajstić information content (AvgIpc) is 2.67. The number of halogens is 1. The average molecular weight is 443 g/mol. The quantitative estimate of drug-likeness (QED) is 0.589. The lowest BCUT2D eigenvalue weighted by molar-refractivity contribution is -0.122. The third-order valence-electron chi connectivity index (χ3n) is 4.71. The Labute approximate surface area is 182 Å². The van der Waals surface area contributed by atoms with Gasteiger partial charge in [0.05, 0.1) is 4.90 Å². The molecule has 156 valence electrons. The molecule has 3 aromatic carbocycles. The van der Waals surface area contributed by atoms with E-state index in [0.29, 0.717) is 10.6 Å². The molecule has 3 rings (SSSR count). The highest BCUT2D eigenvalue weighted by Gasteiger charge is 2.36. The summed E-state index contributed by atoms with van der Waals surface area (Å²) in [5.41, 5.74) is 9.00. The molecule has 0 radical (unpaired) electrons. The van der Waals surface area contributed by atoms with E-state index in [-0.39, 0.29) is 11.4 Å². The maximum atomic E-state index is 13.6. The Hall–Kier alpha value is -2.67. The van der Waals surface area contributed by atoms with Crippen LogP contribution in [0.1, 0.15) is 28.3 Å². The van der Waals surface area contributed by atoms with Gasteiger partial charge in [-0.2, -0.15) is 4.31 Å². The Kier molecular flexibility index (Phi) is 6.61. The molecule has 0 aliphatic rings. The molecule has 0 bridgehead atoms. The van der Waals surface area contributed by atoms with Gasteiger partial charge in [-0.05, 0) is 49.2 Å². The topological polar surface area (TPSA) is 80.5 Å². The highest BCUT2D eigenvalue weighted by atomic mass is 35.5. The van der Waals surface area contributed by atoms with Crippen molar-refractivity contribution in [3.63, 3.8) is 0 Å². The molecule has 0 heterocycles. The highest BCUT2D eigenvalue weighted by molar-refractivity contribution is 7.89. The number of hydrogen-bond acceptors (Lipinski definition) is 3. The first-order valence-electron chi connectivity index (χ1n) is 9.37. The number of amides is 1. The molecule has 7 heteroatoms. The Morgan fingerprint density at radius 2 is 1.53 bits per heavy atom. The molecule has 30 heavy (non-hydrogen) atoms. The van der Waals surface area contributed by atoms with Gasteiger partial charge in [-0.15, -0.1) is 0 Å². The van der Waals surface area contributed by atoms with Crippen molar-refractivity contribution in [3.8, 4) is 0 Å².